The molecule has 176 valence electrons. The van der Waals surface area contributed by atoms with Gasteiger partial charge in [-0.25, -0.2) is 14.4 Å². The van der Waals surface area contributed by atoms with E-state index in [9.17, 15) is 4.39 Å². The molecule has 0 amide bonds. The van der Waals surface area contributed by atoms with E-state index in [0.29, 0.717) is 42.5 Å². The lowest BCUT2D eigenvalue weighted by molar-refractivity contribution is 0.0261. The fourth-order valence-corrected chi connectivity index (χ4v) is 3.60. The van der Waals surface area contributed by atoms with Crippen LogP contribution in [0.1, 0.15) is 19.8 Å². The molecule has 0 radical (unpaired) electrons. The normalized spacial score (nSPS) is 15.1. The van der Waals surface area contributed by atoms with Gasteiger partial charge in [0, 0.05) is 43.1 Å². The summed E-state index contributed by atoms with van der Waals surface area (Å²) in [7, 11) is 1.75. The molecule has 4 rings (SSSR count). The molecule has 0 unspecified atom stereocenters. The molecule has 1 aliphatic rings. The Hall–Kier alpha value is -3.65. The largest absolute Gasteiger partial charge is 0.488 e. The van der Waals surface area contributed by atoms with Gasteiger partial charge in [-0.15, -0.1) is 0 Å². The van der Waals surface area contributed by atoms with Crippen molar-refractivity contribution in [3.8, 4) is 17.0 Å². The number of halogens is 1. The number of aliphatic imine (C=N–C) groups is 1. The highest BCUT2D eigenvalue weighted by molar-refractivity contribution is 5.96. The van der Waals surface area contributed by atoms with Crippen LogP contribution >= 0.6 is 0 Å². The van der Waals surface area contributed by atoms with Crippen LogP contribution in [0.25, 0.3) is 22.2 Å². The van der Waals surface area contributed by atoms with E-state index in [1.807, 2.05) is 31.2 Å². The average Bonchev–Trinajstić information content (AvgIpc) is 2.87. The van der Waals surface area contributed by atoms with Crippen molar-refractivity contribution in [2.24, 2.45) is 4.99 Å². The van der Waals surface area contributed by atoms with Gasteiger partial charge in [0.1, 0.15) is 35.3 Å². The molecule has 34 heavy (non-hydrogen) atoms. The number of nitrogens with one attached hydrogen (secondary N) is 1. The van der Waals surface area contributed by atoms with Crippen LogP contribution in [0.15, 0.2) is 66.1 Å². The van der Waals surface area contributed by atoms with Crippen molar-refractivity contribution in [3.05, 3.63) is 66.9 Å². The zero-order valence-corrected chi connectivity index (χ0v) is 19.4. The van der Waals surface area contributed by atoms with Crippen LogP contribution in [-0.2, 0) is 4.74 Å². The van der Waals surface area contributed by atoms with Gasteiger partial charge in [-0.05, 0) is 42.8 Å². The van der Waals surface area contributed by atoms with E-state index in [-0.39, 0.29) is 11.9 Å². The second kappa shape index (κ2) is 11.0. The van der Waals surface area contributed by atoms with Gasteiger partial charge in [0.2, 0.25) is 0 Å². The molecular weight excluding hydrogens is 433 g/mol. The lowest BCUT2D eigenvalue weighted by Gasteiger charge is -2.24. The predicted molar refractivity (Wildman–Crippen MR) is 133 cm³/mol. The Kier molecular flexibility index (Phi) is 7.59. The lowest BCUT2D eigenvalue weighted by atomic mass is 10.1. The molecular formula is C26H28FN5O2. The number of benzene rings is 1. The van der Waals surface area contributed by atoms with Crippen molar-refractivity contribution in [3.63, 3.8) is 0 Å². The van der Waals surface area contributed by atoms with Crippen LogP contribution < -0.4 is 10.1 Å². The maximum absolute atomic E-state index is 13.5. The average molecular weight is 462 g/mol. The van der Waals surface area contributed by atoms with Gasteiger partial charge in [0.25, 0.3) is 0 Å². The summed E-state index contributed by atoms with van der Waals surface area (Å²) in [6.07, 6.45) is 8.22. The molecule has 0 saturated carbocycles. The van der Waals surface area contributed by atoms with Crippen molar-refractivity contribution in [2.75, 3.05) is 32.1 Å². The highest BCUT2D eigenvalue weighted by Gasteiger charge is 2.19. The van der Waals surface area contributed by atoms with E-state index >= 15 is 0 Å². The summed E-state index contributed by atoms with van der Waals surface area (Å²) in [5.41, 5.74) is 3.92. The molecule has 0 spiro atoms. The maximum Gasteiger partial charge on any atom is 0.146 e. The molecule has 7 nitrogen and oxygen atoms in total. The van der Waals surface area contributed by atoms with Crippen LogP contribution in [0.5, 0.6) is 5.75 Å². The summed E-state index contributed by atoms with van der Waals surface area (Å²) in [4.78, 5) is 17.3. The first-order chi connectivity index (χ1) is 16.5. The number of hydrogen-bond acceptors (Lipinski definition) is 7. The molecule has 2 aromatic heterocycles. The molecule has 0 bridgehead atoms. The standard InChI is InChI=1S/C26H28FN5O2/c1-17(4-5-18(2)28-3)14-30-26-22-12-19(23-7-6-20(27)15-29-23)13-24(25(22)31-16-32-26)34-21-8-10-33-11-9-21/h4-7,12-13,15-16,21H,1,8-11,14H2,2-3H3,(H,30,31,32)/b5-4-,28-18?. The first-order valence-electron chi connectivity index (χ1n) is 11.2. The van der Waals surface area contributed by atoms with E-state index in [2.05, 4.69) is 31.8 Å². The van der Waals surface area contributed by atoms with Gasteiger partial charge < -0.3 is 14.8 Å². The minimum Gasteiger partial charge on any atom is -0.488 e. The second-order valence-corrected chi connectivity index (χ2v) is 8.09. The van der Waals surface area contributed by atoms with Crippen molar-refractivity contribution in [1.82, 2.24) is 15.0 Å². The third-order valence-corrected chi connectivity index (χ3v) is 5.58. The first-order valence-corrected chi connectivity index (χ1v) is 11.2. The summed E-state index contributed by atoms with van der Waals surface area (Å²) in [6.45, 7) is 7.86. The van der Waals surface area contributed by atoms with Gasteiger partial charge in [0.05, 0.1) is 25.1 Å². The number of anilines is 1. The third kappa shape index (κ3) is 5.82. The van der Waals surface area contributed by atoms with Crippen LogP contribution in [0, 0.1) is 5.82 Å². The molecule has 3 aromatic rings. The summed E-state index contributed by atoms with van der Waals surface area (Å²) in [5, 5.41) is 4.14. The Labute approximate surface area is 198 Å². The summed E-state index contributed by atoms with van der Waals surface area (Å²) in [6, 6.07) is 6.89. The fourth-order valence-electron chi connectivity index (χ4n) is 3.60. The smallest absolute Gasteiger partial charge is 0.146 e. The zero-order chi connectivity index (χ0) is 23.9. The SMILES string of the molecule is C=C(/C=C\C(C)=NC)CNc1ncnc2c(OC3CCOCC3)cc(-c3ccc(F)cn3)cc12. The van der Waals surface area contributed by atoms with E-state index in [1.54, 1.807) is 13.1 Å². The van der Waals surface area contributed by atoms with Crippen molar-refractivity contribution >= 4 is 22.4 Å². The van der Waals surface area contributed by atoms with Crippen LogP contribution in [-0.4, -0.2) is 53.6 Å². The second-order valence-electron chi connectivity index (χ2n) is 8.09. The zero-order valence-electron chi connectivity index (χ0n) is 19.4. The molecule has 1 N–H and O–H groups in total. The molecule has 1 fully saturated rings. The highest BCUT2D eigenvalue weighted by Crippen LogP contribution is 2.35. The highest BCUT2D eigenvalue weighted by atomic mass is 19.1. The number of pyridine rings is 1. The maximum atomic E-state index is 13.5. The number of rotatable bonds is 8. The molecule has 8 heteroatoms. The number of allylic oxidation sites excluding steroid dienone is 1. The van der Waals surface area contributed by atoms with Gasteiger partial charge in [-0.1, -0.05) is 12.7 Å². The summed E-state index contributed by atoms with van der Waals surface area (Å²) in [5.74, 6) is 0.912. The summed E-state index contributed by atoms with van der Waals surface area (Å²) < 4.78 is 25.3. The van der Waals surface area contributed by atoms with E-state index in [0.717, 1.165) is 35.1 Å². The van der Waals surface area contributed by atoms with E-state index in [4.69, 9.17) is 9.47 Å². The number of fused-ring (bicyclic) bond motifs is 1. The lowest BCUT2D eigenvalue weighted by Crippen LogP contribution is -2.26. The van der Waals surface area contributed by atoms with Crippen molar-refractivity contribution in [1.29, 1.82) is 0 Å². The number of hydrogen-bond donors (Lipinski definition) is 1. The Morgan fingerprint density at radius 1 is 1.24 bits per heavy atom. The topological polar surface area (TPSA) is 81.5 Å². The molecule has 1 aliphatic heterocycles. The van der Waals surface area contributed by atoms with Gasteiger partial charge >= 0.3 is 0 Å². The number of aromatic nitrogens is 3. The number of ether oxygens (including phenoxy) is 2. The van der Waals surface area contributed by atoms with E-state index in [1.165, 1.54) is 18.6 Å². The quantitative estimate of drug-likeness (QED) is 0.375. The monoisotopic (exact) mass is 461 g/mol. The van der Waals surface area contributed by atoms with Gasteiger partial charge in [0.15, 0.2) is 0 Å². The van der Waals surface area contributed by atoms with Crippen molar-refractivity contribution in [2.45, 2.75) is 25.9 Å². The van der Waals surface area contributed by atoms with Crippen LogP contribution in [0.3, 0.4) is 0 Å². The minimum atomic E-state index is -0.385. The molecule has 0 atom stereocenters. The summed E-state index contributed by atoms with van der Waals surface area (Å²) >= 11 is 0. The molecule has 1 saturated heterocycles. The Bertz CT molecular complexity index is 1220. The molecule has 3 heterocycles. The first kappa shape index (κ1) is 23.5. The third-order valence-electron chi connectivity index (χ3n) is 5.58. The fraction of sp³-hybridized carbons (Fsp3) is 0.308. The van der Waals surface area contributed by atoms with Gasteiger partial charge in [-0.2, -0.15) is 0 Å². The Morgan fingerprint density at radius 2 is 2.06 bits per heavy atom. The Balaban J connectivity index is 1.69. The van der Waals surface area contributed by atoms with Crippen molar-refractivity contribution < 1.29 is 13.9 Å². The van der Waals surface area contributed by atoms with Crippen LogP contribution in [0.2, 0.25) is 0 Å². The van der Waals surface area contributed by atoms with E-state index < -0.39 is 0 Å². The van der Waals surface area contributed by atoms with Gasteiger partial charge in [-0.3, -0.25) is 9.98 Å². The number of nitrogens with zero attached hydrogens (tertiary/aromatic N) is 4. The predicted octanol–water partition coefficient (Wildman–Crippen LogP) is 5.00. The molecule has 1 aromatic carbocycles. The minimum absolute atomic E-state index is 0.0353. The van der Waals surface area contributed by atoms with Crippen LogP contribution in [0.4, 0.5) is 10.2 Å². The molecule has 0 aliphatic carbocycles. The Morgan fingerprint density at radius 3 is 2.79 bits per heavy atom.